The molecule has 2 aliphatic heterocycles. The van der Waals surface area contributed by atoms with E-state index < -0.39 is 0 Å². The molecule has 1 amide bonds. The molecule has 4 rings (SSSR count). The van der Waals surface area contributed by atoms with Gasteiger partial charge in [-0.05, 0) is 37.5 Å². The minimum atomic E-state index is -0.174. The van der Waals surface area contributed by atoms with E-state index in [0.717, 1.165) is 19.3 Å². The van der Waals surface area contributed by atoms with Crippen molar-refractivity contribution in [3.63, 3.8) is 0 Å². The number of carbonyl (C=O) groups excluding carboxylic acids is 1. The standard InChI is InChI=1S/C18H21N3O4/c1-11(2)16-19-17(25-20-16)13-5-3-4-8-21(13)18(22)12-6-7-14-15(9-12)24-10-23-14/h6-7,9,11,13H,3-5,8,10H2,1-2H3/t13-/m0/s1. The number of hydrogen-bond acceptors (Lipinski definition) is 6. The second kappa shape index (κ2) is 6.38. The number of benzene rings is 1. The van der Waals surface area contributed by atoms with Gasteiger partial charge in [0.05, 0.1) is 0 Å². The second-order valence-corrected chi connectivity index (χ2v) is 6.72. The third kappa shape index (κ3) is 2.94. The number of aromatic nitrogens is 2. The fraction of sp³-hybridized carbons (Fsp3) is 0.500. The summed E-state index contributed by atoms with van der Waals surface area (Å²) in [5.74, 6) is 2.63. The summed E-state index contributed by atoms with van der Waals surface area (Å²) in [6.07, 6.45) is 2.84. The van der Waals surface area contributed by atoms with Crippen LogP contribution in [0.3, 0.4) is 0 Å². The second-order valence-electron chi connectivity index (χ2n) is 6.72. The number of amides is 1. The van der Waals surface area contributed by atoms with Crippen LogP contribution in [-0.4, -0.2) is 34.3 Å². The molecule has 2 aromatic rings. The summed E-state index contributed by atoms with van der Waals surface area (Å²) in [4.78, 5) is 19.4. The van der Waals surface area contributed by atoms with Crippen LogP contribution in [0.1, 0.15) is 67.1 Å². The molecule has 0 radical (unpaired) electrons. The van der Waals surface area contributed by atoms with Gasteiger partial charge in [0.25, 0.3) is 5.91 Å². The highest BCUT2D eigenvalue weighted by Crippen LogP contribution is 2.35. The van der Waals surface area contributed by atoms with Gasteiger partial charge in [-0.2, -0.15) is 4.98 Å². The van der Waals surface area contributed by atoms with Gasteiger partial charge in [-0.15, -0.1) is 0 Å². The number of piperidine rings is 1. The summed E-state index contributed by atoms with van der Waals surface area (Å²) in [5.41, 5.74) is 0.583. The van der Waals surface area contributed by atoms with Crippen LogP contribution in [0.5, 0.6) is 11.5 Å². The molecule has 2 aliphatic rings. The maximum atomic E-state index is 13.1. The van der Waals surface area contributed by atoms with E-state index in [4.69, 9.17) is 14.0 Å². The van der Waals surface area contributed by atoms with Crippen molar-refractivity contribution in [3.8, 4) is 11.5 Å². The molecule has 7 heteroatoms. The maximum Gasteiger partial charge on any atom is 0.254 e. The van der Waals surface area contributed by atoms with Crippen LogP contribution < -0.4 is 9.47 Å². The Bertz CT molecular complexity index is 786. The van der Waals surface area contributed by atoms with Gasteiger partial charge < -0.3 is 18.9 Å². The highest BCUT2D eigenvalue weighted by atomic mass is 16.7. The molecule has 0 bridgehead atoms. The summed E-state index contributed by atoms with van der Waals surface area (Å²) in [6.45, 7) is 4.91. The molecule has 132 valence electrons. The first-order valence-electron chi connectivity index (χ1n) is 8.67. The van der Waals surface area contributed by atoms with E-state index >= 15 is 0 Å². The van der Waals surface area contributed by atoms with Crippen molar-refractivity contribution in [3.05, 3.63) is 35.5 Å². The van der Waals surface area contributed by atoms with E-state index in [1.807, 2.05) is 18.7 Å². The number of fused-ring (bicyclic) bond motifs is 1. The van der Waals surface area contributed by atoms with Gasteiger partial charge in [0.2, 0.25) is 12.7 Å². The zero-order valence-corrected chi connectivity index (χ0v) is 14.4. The Morgan fingerprint density at radius 2 is 2.08 bits per heavy atom. The van der Waals surface area contributed by atoms with Crippen LogP contribution in [0, 0.1) is 0 Å². The molecule has 0 spiro atoms. The summed E-state index contributed by atoms with van der Waals surface area (Å²) in [5, 5.41) is 4.04. The maximum absolute atomic E-state index is 13.1. The molecule has 0 unspecified atom stereocenters. The number of carbonyl (C=O) groups is 1. The SMILES string of the molecule is CC(C)c1noc([C@@H]2CCCCN2C(=O)c2ccc3c(c2)OCO3)n1. The van der Waals surface area contributed by atoms with Crippen molar-refractivity contribution in [2.24, 2.45) is 0 Å². The van der Waals surface area contributed by atoms with Crippen LogP contribution in [0.25, 0.3) is 0 Å². The van der Waals surface area contributed by atoms with E-state index in [9.17, 15) is 4.79 Å². The van der Waals surface area contributed by atoms with Gasteiger partial charge >= 0.3 is 0 Å². The monoisotopic (exact) mass is 343 g/mol. The third-order valence-corrected chi connectivity index (χ3v) is 4.64. The highest BCUT2D eigenvalue weighted by Gasteiger charge is 2.33. The number of rotatable bonds is 3. The lowest BCUT2D eigenvalue weighted by molar-refractivity contribution is 0.0561. The first-order valence-corrected chi connectivity index (χ1v) is 8.67. The minimum absolute atomic E-state index is 0.0488. The van der Waals surface area contributed by atoms with Crippen LogP contribution in [0.2, 0.25) is 0 Å². The smallest absolute Gasteiger partial charge is 0.254 e. The summed E-state index contributed by atoms with van der Waals surface area (Å²) in [6, 6.07) is 5.11. The Hall–Kier alpha value is -2.57. The summed E-state index contributed by atoms with van der Waals surface area (Å²) >= 11 is 0. The number of hydrogen-bond donors (Lipinski definition) is 0. The lowest BCUT2D eigenvalue weighted by Crippen LogP contribution is -2.38. The Balaban J connectivity index is 1.60. The van der Waals surface area contributed by atoms with Crippen molar-refractivity contribution >= 4 is 5.91 Å². The Kier molecular flexibility index (Phi) is 4.07. The molecule has 1 fully saturated rings. The molecule has 1 aromatic carbocycles. The molecule has 1 aromatic heterocycles. The molecular formula is C18H21N3O4. The van der Waals surface area contributed by atoms with Crippen LogP contribution in [0.4, 0.5) is 0 Å². The van der Waals surface area contributed by atoms with Crippen molar-refractivity contribution < 1.29 is 18.8 Å². The fourth-order valence-corrected chi connectivity index (χ4v) is 3.24. The van der Waals surface area contributed by atoms with E-state index in [0.29, 0.717) is 35.3 Å². The topological polar surface area (TPSA) is 77.7 Å². The minimum Gasteiger partial charge on any atom is -0.454 e. The van der Waals surface area contributed by atoms with Gasteiger partial charge in [-0.1, -0.05) is 19.0 Å². The molecule has 0 N–H and O–H groups in total. The predicted molar refractivity (Wildman–Crippen MR) is 88.6 cm³/mol. The fourth-order valence-electron chi connectivity index (χ4n) is 3.24. The van der Waals surface area contributed by atoms with Gasteiger partial charge in [-0.3, -0.25) is 4.79 Å². The van der Waals surface area contributed by atoms with Gasteiger partial charge in [0.1, 0.15) is 6.04 Å². The summed E-state index contributed by atoms with van der Waals surface area (Å²) < 4.78 is 16.2. The van der Waals surface area contributed by atoms with Gasteiger partial charge in [0.15, 0.2) is 17.3 Å². The Morgan fingerprint density at radius 3 is 2.88 bits per heavy atom. The number of likely N-dealkylation sites (tertiary alicyclic amines) is 1. The first kappa shape index (κ1) is 15.9. The molecule has 7 nitrogen and oxygen atoms in total. The largest absolute Gasteiger partial charge is 0.454 e. The highest BCUT2D eigenvalue weighted by molar-refractivity contribution is 5.95. The molecule has 1 atom stereocenters. The average Bonchev–Trinajstić information content (AvgIpc) is 3.29. The quantitative estimate of drug-likeness (QED) is 0.851. The van der Waals surface area contributed by atoms with E-state index in [1.165, 1.54) is 0 Å². The number of ether oxygens (including phenoxy) is 2. The normalized spacial score (nSPS) is 19.5. The van der Waals surface area contributed by atoms with E-state index in [2.05, 4.69) is 10.1 Å². The van der Waals surface area contributed by atoms with Crippen LogP contribution >= 0.6 is 0 Å². The molecule has 3 heterocycles. The van der Waals surface area contributed by atoms with Crippen molar-refractivity contribution in [1.29, 1.82) is 0 Å². The van der Waals surface area contributed by atoms with Crippen LogP contribution in [-0.2, 0) is 0 Å². The predicted octanol–water partition coefficient (Wildman–Crippen LogP) is 3.29. The zero-order valence-electron chi connectivity index (χ0n) is 14.4. The van der Waals surface area contributed by atoms with E-state index in [-0.39, 0.29) is 24.7 Å². The summed E-state index contributed by atoms with van der Waals surface area (Å²) in [7, 11) is 0. The molecule has 0 aliphatic carbocycles. The molecule has 1 saturated heterocycles. The van der Waals surface area contributed by atoms with E-state index in [1.54, 1.807) is 18.2 Å². The van der Waals surface area contributed by atoms with Gasteiger partial charge in [0, 0.05) is 18.0 Å². The lowest BCUT2D eigenvalue weighted by Gasteiger charge is -2.33. The lowest BCUT2D eigenvalue weighted by atomic mass is 10.0. The Labute approximate surface area is 145 Å². The Morgan fingerprint density at radius 1 is 1.24 bits per heavy atom. The molecule has 0 saturated carbocycles. The zero-order chi connectivity index (χ0) is 17.4. The first-order chi connectivity index (χ1) is 12.1. The van der Waals surface area contributed by atoms with Crippen molar-refractivity contribution in [2.45, 2.75) is 45.1 Å². The van der Waals surface area contributed by atoms with Gasteiger partial charge in [-0.25, -0.2) is 0 Å². The number of nitrogens with zero attached hydrogens (tertiary/aromatic N) is 3. The van der Waals surface area contributed by atoms with Crippen molar-refractivity contribution in [1.82, 2.24) is 15.0 Å². The average molecular weight is 343 g/mol. The van der Waals surface area contributed by atoms with Crippen LogP contribution in [0.15, 0.2) is 22.7 Å². The molecule has 25 heavy (non-hydrogen) atoms. The third-order valence-electron chi connectivity index (χ3n) is 4.64. The van der Waals surface area contributed by atoms with Crippen molar-refractivity contribution in [2.75, 3.05) is 13.3 Å². The molecular weight excluding hydrogens is 322 g/mol.